The van der Waals surface area contributed by atoms with Crippen LogP contribution < -0.4 is 10.0 Å². The lowest BCUT2D eigenvalue weighted by molar-refractivity contribution is -0.123. The van der Waals surface area contributed by atoms with Gasteiger partial charge in [-0.1, -0.05) is 36.7 Å². The fourth-order valence-electron chi connectivity index (χ4n) is 1.15. The van der Waals surface area contributed by atoms with Crippen molar-refractivity contribution in [3.63, 3.8) is 0 Å². The summed E-state index contributed by atoms with van der Waals surface area (Å²) in [6, 6.07) is 6.49. The number of rotatable bonds is 4. The summed E-state index contributed by atoms with van der Waals surface area (Å²) in [6.07, 6.45) is 0. The molecule has 1 aromatic rings. The second-order valence-corrected chi connectivity index (χ2v) is 8.13. The number of amides is 1. The molecule has 0 radical (unpaired) electrons. The molecule has 5 nitrogen and oxygen atoms in total. The highest BCUT2D eigenvalue weighted by Gasteiger charge is 2.21. The normalized spacial score (nSPS) is 12.0. The number of nitrogens with one attached hydrogen (secondary N) is 2. The predicted octanol–water partition coefficient (Wildman–Crippen LogP) is 2.77. The van der Waals surface area contributed by atoms with Gasteiger partial charge in [0.25, 0.3) is 0 Å². The van der Waals surface area contributed by atoms with Gasteiger partial charge in [0.2, 0.25) is 15.9 Å². The van der Waals surface area contributed by atoms with E-state index in [9.17, 15) is 13.2 Å². The molecule has 0 aromatic heterocycles. The van der Waals surface area contributed by atoms with Crippen LogP contribution in [0.4, 0.5) is 11.4 Å². The van der Waals surface area contributed by atoms with Gasteiger partial charge < -0.3 is 5.32 Å². The molecule has 0 bridgehead atoms. The number of sulfonamides is 1. The van der Waals surface area contributed by atoms with E-state index in [-0.39, 0.29) is 10.6 Å². The zero-order valence-corrected chi connectivity index (χ0v) is 13.4. The van der Waals surface area contributed by atoms with E-state index in [0.29, 0.717) is 11.4 Å². The van der Waals surface area contributed by atoms with Gasteiger partial charge in [-0.3, -0.25) is 9.52 Å². The molecule has 1 rings (SSSR count). The van der Waals surface area contributed by atoms with Gasteiger partial charge in [0.05, 0.1) is 0 Å². The maximum atomic E-state index is 11.8. The Bertz CT molecular complexity index is 547. The molecule has 0 aliphatic heterocycles. The molecular weight excluding hydrogens is 332 g/mol. The largest absolute Gasteiger partial charge is 0.326 e. The summed E-state index contributed by atoms with van der Waals surface area (Å²) in [4.78, 5) is 11.8. The second-order valence-electron chi connectivity index (χ2n) is 5.11. The zero-order chi connectivity index (χ0) is 14.7. The Kier molecular flexibility index (Phi) is 4.98. The topological polar surface area (TPSA) is 75.3 Å². The third kappa shape index (κ3) is 5.20. The fourth-order valence-corrected chi connectivity index (χ4v) is 2.04. The first-order valence-corrected chi connectivity index (χ1v) is 8.39. The van der Waals surface area contributed by atoms with E-state index in [1.807, 2.05) is 20.8 Å². The van der Waals surface area contributed by atoms with Gasteiger partial charge in [0.1, 0.15) is 4.66 Å². The first-order valence-electron chi connectivity index (χ1n) is 5.62. The minimum Gasteiger partial charge on any atom is -0.326 e. The lowest BCUT2D eigenvalue weighted by atomic mass is 9.95. The molecule has 0 fully saturated rings. The van der Waals surface area contributed by atoms with Gasteiger partial charge in [-0.15, -0.1) is 0 Å². The quantitative estimate of drug-likeness (QED) is 0.821. The first kappa shape index (κ1) is 16.0. The smallest absolute Gasteiger partial charge is 0.242 e. The monoisotopic (exact) mass is 348 g/mol. The highest BCUT2D eigenvalue weighted by atomic mass is 79.9. The van der Waals surface area contributed by atoms with Crippen molar-refractivity contribution in [2.24, 2.45) is 5.41 Å². The van der Waals surface area contributed by atoms with Crippen LogP contribution in [0.3, 0.4) is 0 Å². The third-order valence-corrected chi connectivity index (χ3v) is 4.88. The number of carbonyl (C=O) groups is 1. The van der Waals surface area contributed by atoms with Crippen LogP contribution in [0.1, 0.15) is 20.8 Å². The van der Waals surface area contributed by atoms with Gasteiger partial charge in [-0.25, -0.2) is 8.42 Å². The SMILES string of the molecule is CC(C)(C)C(=O)Nc1ccc(NS(=O)(=O)CBr)cc1. The van der Waals surface area contributed by atoms with E-state index in [2.05, 4.69) is 26.0 Å². The van der Waals surface area contributed by atoms with Crippen molar-refractivity contribution in [2.45, 2.75) is 20.8 Å². The lowest BCUT2D eigenvalue weighted by Gasteiger charge is -2.17. The Hall–Kier alpha value is -1.08. The Labute approximate surface area is 122 Å². The van der Waals surface area contributed by atoms with Crippen LogP contribution in [0.25, 0.3) is 0 Å². The molecule has 0 saturated carbocycles. The van der Waals surface area contributed by atoms with Crippen LogP contribution in [0.5, 0.6) is 0 Å². The van der Waals surface area contributed by atoms with Gasteiger partial charge >= 0.3 is 0 Å². The van der Waals surface area contributed by atoms with E-state index < -0.39 is 15.4 Å². The van der Waals surface area contributed by atoms with Crippen molar-refractivity contribution in [3.8, 4) is 0 Å². The molecule has 1 aromatic carbocycles. The summed E-state index contributed by atoms with van der Waals surface area (Å²) in [6.45, 7) is 5.46. The summed E-state index contributed by atoms with van der Waals surface area (Å²) >= 11 is 2.89. The molecule has 0 atom stereocenters. The van der Waals surface area contributed by atoms with E-state index in [0.717, 1.165) is 0 Å². The number of hydrogen-bond acceptors (Lipinski definition) is 3. The van der Waals surface area contributed by atoms with Gasteiger partial charge in [-0.2, -0.15) is 0 Å². The third-order valence-electron chi connectivity index (χ3n) is 2.24. The average molecular weight is 349 g/mol. The van der Waals surface area contributed by atoms with Crippen LogP contribution in [-0.2, 0) is 14.8 Å². The maximum absolute atomic E-state index is 11.8. The Balaban J connectivity index is 2.75. The average Bonchev–Trinajstić information content (AvgIpc) is 2.30. The number of benzene rings is 1. The minimum atomic E-state index is -3.35. The number of alkyl halides is 1. The van der Waals surface area contributed by atoms with Crippen molar-refractivity contribution in [1.29, 1.82) is 0 Å². The van der Waals surface area contributed by atoms with E-state index in [1.165, 1.54) is 0 Å². The fraction of sp³-hybridized carbons (Fsp3) is 0.417. The molecule has 0 aliphatic rings. The first-order chi connectivity index (χ1) is 8.64. The van der Waals surface area contributed by atoms with Crippen LogP contribution in [0.15, 0.2) is 24.3 Å². The van der Waals surface area contributed by atoms with Crippen molar-refractivity contribution in [2.75, 3.05) is 14.7 Å². The van der Waals surface area contributed by atoms with Crippen LogP contribution in [0, 0.1) is 5.41 Å². The van der Waals surface area contributed by atoms with Gasteiger partial charge in [0, 0.05) is 16.8 Å². The highest BCUT2D eigenvalue weighted by Crippen LogP contribution is 2.19. The van der Waals surface area contributed by atoms with Crippen LogP contribution in [0.2, 0.25) is 0 Å². The van der Waals surface area contributed by atoms with Crippen molar-refractivity contribution in [3.05, 3.63) is 24.3 Å². The van der Waals surface area contributed by atoms with Crippen LogP contribution in [-0.4, -0.2) is 19.0 Å². The minimum absolute atomic E-state index is 0.0960. The molecule has 2 N–H and O–H groups in total. The molecule has 7 heteroatoms. The van der Waals surface area contributed by atoms with Gasteiger partial charge in [-0.05, 0) is 24.3 Å². The summed E-state index contributed by atoms with van der Waals surface area (Å²) in [5, 5.41) is 2.76. The summed E-state index contributed by atoms with van der Waals surface area (Å²) in [7, 11) is -3.35. The molecule has 1 amide bonds. The number of carbonyl (C=O) groups excluding carboxylic acids is 1. The summed E-state index contributed by atoms with van der Waals surface area (Å²) in [5.74, 6) is -0.0960. The number of halogens is 1. The molecular formula is C12H17BrN2O3S. The van der Waals surface area contributed by atoms with Crippen LogP contribution >= 0.6 is 15.9 Å². The Morgan fingerprint density at radius 1 is 1.16 bits per heavy atom. The van der Waals surface area contributed by atoms with Crippen molar-refractivity contribution >= 4 is 43.2 Å². The standard InChI is InChI=1S/C12H17BrN2O3S/c1-12(2,3)11(16)14-9-4-6-10(7-5-9)15-19(17,18)8-13/h4-7,15H,8H2,1-3H3,(H,14,16). The molecule has 106 valence electrons. The molecule has 0 saturated heterocycles. The predicted molar refractivity (Wildman–Crippen MR) is 80.9 cm³/mol. The molecule has 0 unspecified atom stereocenters. The number of anilines is 2. The van der Waals surface area contributed by atoms with Crippen molar-refractivity contribution in [1.82, 2.24) is 0 Å². The summed E-state index contributed by atoms with van der Waals surface area (Å²) < 4.78 is 24.9. The maximum Gasteiger partial charge on any atom is 0.242 e. The lowest BCUT2D eigenvalue weighted by Crippen LogP contribution is -2.27. The number of hydrogen-bond donors (Lipinski definition) is 2. The zero-order valence-electron chi connectivity index (χ0n) is 11.0. The highest BCUT2D eigenvalue weighted by molar-refractivity contribution is 9.10. The van der Waals surface area contributed by atoms with E-state index in [4.69, 9.17) is 0 Å². The van der Waals surface area contributed by atoms with E-state index in [1.54, 1.807) is 24.3 Å². The molecule has 0 spiro atoms. The Morgan fingerprint density at radius 3 is 2.05 bits per heavy atom. The van der Waals surface area contributed by atoms with Crippen molar-refractivity contribution < 1.29 is 13.2 Å². The summed E-state index contributed by atoms with van der Waals surface area (Å²) in [5.41, 5.74) is 0.603. The second kappa shape index (κ2) is 5.92. The molecule has 0 aliphatic carbocycles. The Morgan fingerprint density at radius 2 is 1.63 bits per heavy atom. The molecule has 19 heavy (non-hydrogen) atoms. The van der Waals surface area contributed by atoms with E-state index >= 15 is 0 Å². The molecule has 0 heterocycles. The van der Waals surface area contributed by atoms with Gasteiger partial charge in [0.15, 0.2) is 0 Å².